The first-order valence-corrected chi connectivity index (χ1v) is 8.30. The Morgan fingerprint density at radius 3 is 2.96 bits per heavy atom. The van der Waals surface area contributed by atoms with Crippen molar-refractivity contribution in [3.8, 4) is 17.2 Å². The second-order valence-electron chi connectivity index (χ2n) is 6.33. The molecule has 2 amide bonds. The zero-order valence-electron chi connectivity index (χ0n) is 13.3. The molecule has 1 atom stereocenters. The lowest BCUT2D eigenvalue weighted by molar-refractivity contribution is -0.129. The van der Waals surface area contributed by atoms with E-state index < -0.39 is 0 Å². The van der Waals surface area contributed by atoms with Gasteiger partial charge in [0, 0.05) is 25.1 Å². The van der Waals surface area contributed by atoms with Gasteiger partial charge in [0.1, 0.15) is 12.4 Å². The van der Waals surface area contributed by atoms with Crippen molar-refractivity contribution in [2.45, 2.75) is 25.3 Å². The number of amides is 2. The number of fused-ring (bicyclic) bond motifs is 1. The molecule has 0 unspecified atom stereocenters. The third kappa shape index (κ3) is 3.11. The van der Waals surface area contributed by atoms with Gasteiger partial charge in [0.25, 0.3) is 0 Å². The molecule has 0 spiro atoms. The molecule has 128 valence electrons. The fourth-order valence-corrected chi connectivity index (χ4v) is 3.10. The van der Waals surface area contributed by atoms with E-state index in [1.165, 1.54) is 0 Å². The number of benzene rings is 1. The number of carbonyl (C=O) groups is 2. The second-order valence-corrected chi connectivity index (χ2v) is 6.33. The van der Waals surface area contributed by atoms with Crippen LogP contribution in [0.1, 0.15) is 19.3 Å². The summed E-state index contributed by atoms with van der Waals surface area (Å²) in [5.41, 5.74) is 0. The van der Waals surface area contributed by atoms with Crippen LogP contribution in [0, 0.1) is 5.92 Å². The lowest BCUT2D eigenvalue weighted by Crippen LogP contribution is -2.35. The maximum absolute atomic E-state index is 12.2. The fourth-order valence-electron chi connectivity index (χ4n) is 3.10. The van der Waals surface area contributed by atoms with Gasteiger partial charge in [0.05, 0.1) is 12.5 Å². The Bertz CT molecular complexity index is 658. The molecule has 0 bridgehead atoms. The van der Waals surface area contributed by atoms with E-state index in [0.29, 0.717) is 49.4 Å². The smallest absolute Gasteiger partial charge is 0.231 e. The van der Waals surface area contributed by atoms with Gasteiger partial charge in [-0.25, -0.2) is 0 Å². The van der Waals surface area contributed by atoms with Crippen LogP contribution in [0.25, 0.3) is 0 Å². The average molecular weight is 332 g/mol. The summed E-state index contributed by atoms with van der Waals surface area (Å²) in [4.78, 5) is 25.9. The first kappa shape index (κ1) is 15.1. The van der Waals surface area contributed by atoms with Crippen molar-refractivity contribution < 1.29 is 23.8 Å². The Labute approximate surface area is 139 Å². The van der Waals surface area contributed by atoms with Gasteiger partial charge in [-0.1, -0.05) is 0 Å². The molecule has 0 radical (unpaired) electrons. The van der Waals surface area contributed by atoms with Crippen molar-refractivity contribution >= 4 is 11.8 Å². The predicted octanol–water partition coefficient (Wildman–Crippen LogP) is 0.921. The summed E-state index contributed by atoms with van der Waals surface area (Å²) in [6.07, 6.45) is 2.47. The van der Waals surface area contributed by atoms with Crippen molar-refractivity contribution in [3.05, 3.63) is 18.2 Å². The van der Waals surface area contributed by atoms with Crippen molar-refractivity contribution in [2.24, 2.45) is 5.92 Å². The molecule has 4 rings (SSSR count). The highest BCUT2D eigenvalue weighted by atomic mass is 16.7. The van der Waals surface area contributed by atoms with Crippen molar-refractivity contribution in [1.29, 1.82) is 0 Å². The zero-order chi connectivity index (χ0) is 16.5. The minimum absolute atomic E-state index is 0.0687. The Morgan fingerprint density at radius 1 is 1.29 bits per heavy atom. The van der Waals surface area contributed by atoms with E-state index in [9.17, 15) is 9.59 Å². The Kier molecular flexibility index (Phi) is 3.92. The summed E-state index contributed by atoms with van der Waals surface area (Å²) in [5, 5.41) is 2.85. The minimum atomic E-state index is -0.233. The lowest BCUT2D eigenvalue weighted by Gasteiger charge is -2.15. The van der Waals surface area contributed by atoms with Crippen LogP contribution in [0.3, 0.4) is 0 Å². The quantitative estimate of drug-likeness (QED) is 0.784. The highest BCUT2D eigenvalue weighted by Gasteiger charge is 2.41. The van der Waals surface area contributed by atoms with Crippen LogP contribution >= 0.6 is 0 Å². The summed E-state index contributed by atoms with van der Waals surface area (Å²) in [6, 6.07) is 5.75. The molecular weight excluding hydrogens is 312 g/mol. The number of hydrogen-bond acceptors (Lipinski definition) is 5. The van der Waals surface area contributed by atoms with Crippen LogP contribution in [0.4, 0.5) is 0 Å². The SMILES string of the molecule is O=C(NCCOc1ccc2c(c1)OCO2)[C@H]1CC(=O)N(C2CC2)C1. The van der Waals surface area contributed by atoms with Gasteiger partial charge in [-0.05, 0) is 25.0 Å². The zero-order valence-corrected chi connectivity index (χ0v) is 13.3. The van der Waals surface area contributed by atoms with Gasteiger partial charge in [-0.15, -0.1) is 0 Å². The maximum Gasteiger partial charge on any atom is 0.231 e. The largest absolute Gasteiger partial charge is 0.492 e. The lowest BCUT2D eigenvalue weighted by atomic mass is 10.1. The van der Waals surface area contributed by atoms with Crippen molar-refractivity contribution in [1.82, 2.24) is 10.2 Å². The summed E-state index contributed by atoms with van der Waals surface area (Å²) >= 11 is 0. The summed E-state index contributed by atoms with van der Waals surface area (Å²) in [6.45, 7) is 1.55. The molecule has 2 fully saturated rings. The van der Waals surface area contributed by atoms with Crippen LogP contribution in [0.15, 0.2) is 18.2 Å². The third-order valence-corrected chi connectivity index (χ3v) is 4.53. The van der Waals surface area contributed by atoms with Gasteiger partial charge in [-0.2, -0.15) is 0 Å². The molecule has 7 nitrogen and oxygen atoms in total. The molecule has 1 saturated heterocycles. The number of nitrogens with one attached hydrogen (secondary N) is 1. The Balaban J connectivity index is 1.20. The molecule has 1 aliphatic carbocycles. The predicted molar refractivity (Wildman–Crippen MR) is 83.9 cm³/mol. The molecule has 1 aromatic rings. The summed E-state index contributed by atoms with van der Waals surface area (Å²) in [7, 11) is 0. The molecule has 1 aromatic carbocycles. The number of rotatable bonds is 6. The van der Waals surface area contributed by atoms with Crippen LogP contribution in [0.5, 0.6) is 17.2 Å². The number of ether oxygens (including phenoxy) is 3. The third-order valence-electron chi connectivity index (χ3n) is 4.53. The van der Waals surface area contributed by atoms with E-state index in [1.807, 2.05) is 4.90 Å². The Hall–Kier alpha value is -2.44. The first-order chi connectivity index (χ1) is 11.7. The van der Waals surface area contributed by atoms with E-state index in [0.717, 1.165) is 12.8 Å². The van der Waals surface area contributed by atoms with Crippen LogP contribution < -0.4 is 19.5 Å². The number of carbonyl (C=O) groups excluding carboxylic acids is 2. The minimum Gasteiger partial charge on any atom is -0.492 e. The van der Waals surface area contributed by atoms with Gasteiger partial charge in [0.15, 0.2) is 11.5 Å². The van der Waals surface area contributed by atoms with E-state index in [4.69, 9.17) is 14.2 Å². The molecule has 2 aliphatic heterocycles. The fraction of sp³-hybridized carbons (Fsp3) is 0.529. The summed E-state index contributed by atoms with van der Waals surface area (Å²) < 4.78 is 16.1. The van der Waals surface area contributed by atoms with Crippen LogP contribution in [0.2, 0.25) is 0 Å². The van der Waals surface area contributed by atoms with Gasteiger partial charge in [-0.3, -0.25) is 9.59 Å². The molecule has 1 N–H and O–H groups in total. The van der Waals surface area contributed by atoms with Crippen molar-refractivity contribution in [2.75, 3.05) is 26.5 Å². The normalized spacial score (nSPS) is 21.9. The standard InChI is InChI=1S/C17H20N2O5/c20-16-7-11(9-19(16)12-1-2-12)17(21)18-5-6-22-13-3-4-14-15(8-13)24-10-23-14/h3-4,8,11-12H,1-2,5-7,9-10H2,(H,18,21)/t11-/m0/s1. The van der Waals surface area contributed by atoms with Crippen molar-refractivity contribution in [3.63, 3.8) is 0 Å². The second kappa shape index (κ2) is 6.22. The monoisotopic (exact) mass is 332 g/mol. The number of hydrogen-bond donors (Lipinski definition) is 1. The highest BCUT2D eigenvalue weighted by Crippen LogP contribution is 2.35. The van der Waals surface area contributed by atoms with Gasteiger partial charge < -0.3 is 24.4 Å². The van der Waals surface area contributed by atoms with Gasteiger partial charge >= 0.3 is 0 Å². The van der Waals surface area contributed by atoms with E-state index in [-0.39, 0.29) is 24.5 Å². The van der Waals surface area contributed by atoms with Gasteiger partial charge in [0.2, 0.25) is 18.6 Å². The molecule has 1 saturated carbocycles. The molecular formula is C17H20N2O5. The van der Waals surface area contributed by atoms with E-state index in [2.05, 4.69) is 5.32 Å². The molecule has 2 heterocycles. The average Bonchev–Trinajstić information content (AvgIpc) is 3.18. The van der Waals surface area contributed by atoms with E-state index in [1.54, 1.807) is 18.2 Å². The number of nitrogens with zero attached hydrogens (tertiary/aromatic N) is 1. The van der Waals surface area contributed by atoms with Crippen LogP contribution in [-0.2, 0) is 9.59 Å². The molecule has 7 heteroatoms. The van der Waals surface area contributed by atoms with Crippen LogP contribution in [-0.4, -0.2) is 49.2 Å². The molecule has 3 aliphatic rings. The maximum atomic E-state index is 12.2. The first-order valence-electron chi connectivity index (χ1n) is 8.30. The summed E-state index contributed by atoms with van der Waals surface area (Å²) in [5.74, 6) is 1.85. The molecule has 0 aromatic heterocycles. The highest BCUT2D eigenvalue weighted by molar-refractivity contribution is 5.89. The molecule has 24 heavy (non-hydrogen) atoms. The Morgan fingerprint density at radius 2 is 2.12 bits per heavy atom. The topological polar surface area (TPSA) is 77.1 Å². The number of likely N-dealkylation sites (tertiary alicyclic amines) is 1. The van der Waals surface area contributed by atoms with E-state index >= 15 is 0 Å².